The Labute approximate surface area is 167 Å². The van der Waals surface area contributed by atoms with Crippen molar-refractivity contribution in [3.63, 3.8) is 0 Å². The summed E-state index contributed by atoms with van der Waals surface area (Å²) in [5, 5.41) is -0.304. The van der Waals surface area contributed by atoms with E-state index in [4.69, 9.17) is 4.74 Å². The Bertz CT molecular complexity index is 1090. The average molecular weight is 395 g/mol. The predicted octanol–water partition coefficient (Wildman–Crippen LogP) is 3.27. The largest absolute Gasteiger partial charge is 0.496 e. The Morgan fingerprint density at radius 1 is 1.04 bits per heavy atom. The molecule has 1 amide bonds. The number of para-hydroxylation sites is 2. The third-order valence-electron chi connectivity index (χ3n) is 5.04. The van der Waals surface area contributed by atoms with E-state index < -0.39 is 0 Å². The third-order valence-corrected chi connectivity index (χ3v) is 6.23. The van der Waals surface area contributed by atoms with Crippen LogP contribution in [0.15, 0.2) is 59.4 Å². The lowest BCUT2D eigenvalue weighted by atomic mass is 10.1. The standard InChI is InChI=1S/C21H21N3O3S/c1-14-19(20(26)24(22(14)2)15-9-5-4-6-10-15)23-18(25)13-28-21(23)16-11-7-8-12-17(16)27-3/h4-12,21H,13H2,1-3H3. The van der Waals surface area contributed by atoms with Crippen LogP contribution in [0.5, 0.6) is 5.75 Å². The summed E-state index contributed by atoms with van der Waals surface area (Å²) in [4.78, 5) is 27.8. The van der Waals surface area contributed by atoms with Crippen molar-refractivity contribution in [2.75, 3.05) is 17.8 Å². The molecule has 1 saturated heterocycles. The molecule has 0 bridgehead atoms. The van der Waals surface area contributed by atoms with Gasteiger partial charge in [0.05, 0.1) is 24.2 Å². The van der Waals surface area contributed by atoms with Gasteiger partial charge in [-0.15, -0.1) is 11.8 Å². The number of hydrogen-bond donors (Lipinski definition) is 0. The van der Waals surface area contributed by atoms with Gasteiger partial charge in [-0.05, 0) is 25.1 Å². The van der Waals surface area contributed by atoms with Crippen molar-refractivity contribution in [3.8, 4) is 11.4 Å². The first-order valence-corrected chi connectivity index (χ1v) is 10.00. The average Bonchev–Trinajstić information content (AvgIpc) is 3.19. The summed E-state index contributed by atoms with van der Waals surface area (Å²) in [6.45, 7) is 1.87. The normalized spacial score (nSPS) is 16.6. The molecule has 28 heavy (non-hydrogen) atoms. The van der Waals surface area contributed by atoms with Crippen LogP contribution in [0.4, 0.5) is 5.69 Å². The fourth-order valence-electron chi connectivity index (χ4n) is 3.60. The predicted molar refractivity (Wildman–Crippen MR) is 111 cm³/mol. The van der Waals surface area contributed by atoms with Crippen LogP contribution in [0, 0.1) is 6.92 Å². The highest BCUT2D eigenvalue weighted by Gasteiger charge is 2.39. The van der Waals surface area contributed by atoms with E-state index in [2.05, 4.69) is 0 Å². The van der Waals surface area contributed by atoms with Crippen molar-refractivity contribution >= 4 is 23.4 Å². The second-order valence-corrected chi connectivity index (χ2v) is 7.65. The molecule has 1 aromatic heterocycles. The molecule has 3 aromatic rings. The monoisotopic (exact) mass is 395 g/mol. The fraction of sp³-hybridized carbons (Fsp3) is 0.238. The molecule has 1 unspecified atom stereocenters. The summed E-state index contributed by atoms with van der Waals surface area (Å²) in [6.07, 6.45) is 0. The van der Waals surface area contributed by atoms with Crippen LogP contribution < -0.4 is 15.2 Å². The van der Waals surface area contributed by atoms with E-state index in [0.29, 0.717) is 17.2 Å². The van der Waals surface area contributed by atoms with E-state index in [-0.39, 0.29) is 16.8 Å². The summed E-state index contributed by atoms with van der Waals surface area (Å²) >= 11 is 1.50. The first kappa shape index (κ1) is 18.4. The maximum Gasteiger partial charge on any atom is 0.295 e. The zero-order valence-electron chi connectivity index (χ0n) is 16.0. The lowest BCUT2D eigenvalue weighted by molar-refractivity contribution is -0.115. The number of thioether (sulfide) groups is 1. The zero-order chi connectivity index (χ0) is 19.8. The van der Waals surface area contributed by atoms with Crippen LogP contribution in [-0.4, -0.2) is 28.1 Å². The Morgan fingerprint density at radius 2 is 1.71 bits per heavy atom. The van der Waals surface area contributed by atoms with E-state index in [1.807, 2.05) is 68.6 Å². The summed E-state index contributed by atoms with van der Waals surface area (Å²) in [7, 11) is 3.44. The lowest BCUT2D eigenvalue weighted by Gasteiger charge is -2.24. The lowest BCUT2D eigenvalue weighted by Crippen LogP contribution is -2.33. The molecule has 1 atom stereocenters. The Kier molecular flexibility index (Phi) is 4.77. The van der Waals surface area contributed by atoms with E-state index in [0.717, 1.165) is 16.9 Å². The Hall–Kier alpha value is -2.93. The molecule has 2 heterocycles. The molecule has 1 aliphatic rings. The number of amides is 1. The number of benzene rings is 2. The molecule has 6 nitrogen and oxygen atoms in total. The molecular formula is C21H21N3O3S. The second-order valence-electron chi connectivity index (χ2n) is 6.58. The van der Waals surface area contributed by atoms with Gasteiger partial charge in [0, 0.05) is 12.6 Å². The molecule has 1 fully saturated rings. The van der Waals surface area contributed by atoms with Crippen LogP contribution >= 0.6 is 11.8 Å². The fourth-order valence-corrected chi connectivity index (χ4v) is 4.78. The number of methoxy groups -OCH3 is 1. The van der Waals surface area contributed by atoms with Gasteiger partial charge in [-0.1, -0.05) is 36.4 Å². The van der Waals surface area contributed by atoms with E-state index in [9.17, 15) is 9.59 Å². The van der Waals surface area contributed by atoms with Gasteiger partial charge in [-0.3, -0.25) is 19.2 Å². The Morgan fingerprint density at radius 3 is 2.43 bits per heavy atom. The van der Waals surface area contributed by atoms with Gasteiger partial charge in [0.25, 0.3) is 5.56 Å². The molecule has 144 valence electrons. The van der Waals surface area contributed by atoms with E-state index >= 15 is 0 Å². The highest BCUT2D eigenvalue weighted by Crippen LogP contribution is 2.44. The SMILES string of the molecule is COc1ccccc1C1SCC(=O)N1c1c(C)n(C)n(-c2ccccc2)c1=O. The molecule has 2 aromatic carbocycles. The number of ether oxygens (including phenoxy) is 1. The van der Waals surface area contributed by atoms with Crippen LogP contribution in [0.3, 0.4) is 0 Å². The minimum Gasteiger partial charge on any atom is -0.496 e. The highest BCUT2D eigenvalue weighted by atomic mass is 32.2. The number of nitrogens with zero attached hydrogens (tertiary/aromatic N) is 3. The Balaban J connectivity index is 1.88. The smallest absolute Gasteiger partial charge is 0.295 e. The second kappa shape index (κ2) is 7.24. The van der Waals surface area contributed by atoms with Gasteiger partial charge in [-0.2, -0.15) is 0 Å². The highest BCUT2D eigenvalue weighted by molar-refractivity contribution is 8.00. The minimum atomic E-state index is -0.304. The van der Waals surface area contributed by atoms with Crippen LogP contribution in [0.25, 0.3) is 5.69 Å². The minimum absolute atomic E-state index is 0.0769. The molecule has 0 saturated carbocycles. The zero-order valence-corrected chi connectivity index (χ0v) is 16.8. The van der Waals surface area contributed by atoms with Crippen molar-refractivity contribution in [2.45, 2.75) is 12.3 Å². The molecule has 1 aliphatic heterocycles. The van der Waals surface area contributed by atoms with Gasteiger partial charge < -0.3 is 4.74 Å². The van der Waals surface area contributed by atoms with Gasteiger partial charge in [0.2, 0.25) is 5.91 Å². The number of carbonyl (C=O) groups is 1. The van der Waals surface area contributed by atoms with Crippen molar-refractivity contribution < 1.29 is 9.53 Å². The molecule has 0 radical (unpaired) electrons. The van der Waals surface area contributed by atoms with E-state index in [1.165, 1.54) is 11.8 Å². The third kappa shape index (κ3) is 2.82. The van der Waals surface area contributed by atoms with Crippen molar-refractivity contribution in [1.29, 1.82) is 0 Å². The maximum atomic E-state index is 13.4. The summed E-state index contributed by atoms with van der Waals surface area (Å²) < 4.78 is 8.89. The first-order valence-electron chi connectivity index (χ1n) is 8.95. The van der Waals surface area contributed by atoms with Gasteiger partial charge in [0.15, 0.2) is 0 Å². The number of anilines is 1. The summed E-state index contributed by atoms with van der Waals surface area (Å²) in [6, 6.07) is 17.1. The number of aromatic nitrogens is 2. The summed E-state index contributed by atoms with van der Waals surface area (Å²) in [5.41, 5.74) is 2.59. The van der Waals surface area contributed by atoms with Crippen molar-refractivity contribution in [3.05, 3.63) is 76.2 Å². The number of hydrogen-bond acceptors (Lipinski definition) is 4. The molecule has 4 rings (SSSR count). The van der Waals surface area contributed by atoms with Gasteiger partial charge in [-0.25, -0.2) is 4.68 Å². The van der Waals surface area contributed by atoms with Crippen LogP contribution in [0.2, 0.25) is 0 Å². The molecule has 7 heteroatoms. The van der Waals surface area contributed by atoms with Crippen LogP contribution in [0.1, 0.15) is 16.6 Å². The molecule has 0 N–H and O–H groups in total. The molecular weight excluding hydrogens is 374 g/mol. The number of rotatable bonds is 4. The molecule has 0 aliphatic carbocycles. The first-order chi connectivity index (χ1) is 13.5. The maximum absolute atomic E-state index is 13.4. The van der Waals surface area contributed by atoms with Crippen molar-refractivity contribution in [2.24, 2.45) is 7.05 Å². The van der Waals surface area contributed by atoms with E-state index in [1.54, 1.807) is 21.4 Å². The topological polar surface area (TPSA) is 56.5 Å². The molecule has 0 spiro atoms. The summed E-state index contributed by atoms with van der Waals surface area (Å²) in [5.74, 6) is 0.950. The quantitative estimate of drug-likeness (QED) is 0.680. The van der Waals surface area contributed by atoms with Gasteiger partial charge >= 0.3 is 0 Å². The number of carbonyl (C=O) groups excluding carboxylic acids is 1. The van der Waals surface area contributed by atoms with Gasteiger partial charge in [0.1, 0.15) is 16.8 Å². The van der Waals surface area contributed by atoms with Crippen molar-refractivity contribution in [1.82, 2.24) is 9.36 Å². The van der Waals surface area contributed by atoms with Crippen LogP contribution in [-0.2, 0) is 11.8 Å².